The highest BCUT2D eigenvalue weighted by molar-refractivity contribution is 14.1. The number of aliphatic hydroxyl groups is 1. The summed E-state index contributed by atoms with van der Waals surface area (Å²) in [7, 11) is 1.57. The maximum absolute atomic E-state index is 12.1. The van der Waals surface area contributed by atoms with Crippen LogP contribution in [0.1, 0.15) is 22.8 Å². The van der Waals surface area contributed by atoms with E-state index in [1.165, 1.54) is 6.21 Å². The molecule has 3 rings (SSSR count). The van der Waals surface area contributed by atoms with Gasteiger partial charge in [0, 0.05) is 0 Å². The minimum absolute atomic E-state index is 0.425. The molecule has 1 amide bonds. The standard InChI is InChI=1S/C23H21IN2O4/c1-29-20-13-17(12-19(24)22(20)30-15-16-8-4-2-5-9-16)14-25-26-23(28)21(27)18-10-6-3-7-11-18/h2-14,21,27H,15H2,1H3,(H,26,28)/b25-14-/t21-/m1/s1. The van der Waals surface area contributed by atoms with Crippen LogP contribution in [0.5, 0.6) is 11.5 Å². The maximum atomic E-state index is 12.1. The van der Waals surface area contributed by atoms with Gasteiger partial charge in [-0.15, -0.1) is 0 Å². The summed E-state index contributed by atoms with van der Waals surface area (Å²) in [6.07, 6.45) is 0.202. The molecule has 6 nitrogen and oxygen atoms in total. The van der Waals surface area contributed by atoms with Gasteiger partial charge in [-0.3, -0.25) is 4.79 Å². The number of hydrazone groups is 1. The molecule has 0 aliphatic carbocycles. The Labute approximate surface area is 188 Å². The number of hydrogen-bond acceptors (Lipinski definition) is 5. The van der Waals surface area contributed by atoms with Gasteiger partial charge in [0.05, 0.1) is 16.9 Å². The van der Waals surface area contributed by atoms with E-state index in [4.69, 9.17) is 9.47 Å². The molecule has 3 aromatic carbocycles. The van der Waals surface area contributed by atoms with Gasteiger partial charge >= 0.3 is 0 Å². The Bertz CT molecular complexity index is 1010. The molecule has 154 valence electrons. The summed E-state index contributed by atoms with van der Waals surface area (Å²) in [5.74, 6) is 0.597. The van der Waals surface area contributed by atoms with Crippen LogP contribution in [0.4, 0.5) is 0 Å². The van der Waals surface area contributed by atoms with E-state index in [1.54, 1.807) is 37.4 Å². The van der Waals surface area contributed by atoms with E-state index >= 15 is 0 Å². The summed E-state index contributed by atoms with van der Waals surface area (Å²) in [4.78, 5) is 12.1. The van der Waals surface area contributed by atoms with Gasteiger partial charge in [0.2, 0.25) is 0 Å². The lowest BCUT2D eigenvalue weighted by atomic mass is 10.1. The molecule has 0 saturated heterocycles. The quantitative estimate of drug-likeness (QED) is 0.269. The third-order valence-electron chi connectivity index (χ3n) is 4.23. The van der Waals surface area contributed by atoms with Crippen molar-refractivity contribution >= 4 is 34.7 Å². The summed E-state index contributed by atoms with van der Waals surface area (Å²) in [6.45, 7) is 0.425. The first kappa shape index (κ1) is 21.8. The number of hydrogen-bond donors (Lipinski definition) is 2. The van der Waals surface area contributed by atoms with Gasteiger partial charge in [-0.2, -0.15) is 5.10 Å². The highest BCUT2D eigenvalue weighted by atomic mass is 127. The van der Waals surface area contributed by atoms with Crippen LogP contribution >= 0.6 is 22.6 Å². The fourth-order valence-electron chi connectivity index (χ4n) is 2.70. The average molecular weight is 516 g/mol. The molecule has 0 aliphatic heterocycles. The molecular weight excluding hydrogens is 495 g/mol. The van der Waals surface area contributed by atoms with Crippen molar-refractivity contribution in [2.24, 2.45) is 5.10 Å². The van der Waals surface area contributed by atoms with E-state index in [2.05, 4.69) is 33.1 Å². The predicted molar refractivity (Wildman–Crippen MR) is 124 cm³/mol. The average Bonchev–Trinajstić information content (AvgIpc) is 2.78. The van der Waals surface area contributed by atoms with Gasteiger partial charge in [0.25, 0.3) is 5.91 Å². The van der Waals surface area contributed by atoms with Gasteiger partial charge in [-0.1, -0.05) is 60.7 Å². The van der Waals surface area contributed by atoms with Crippen LogP contribution in [-0.2, 0) is 11.4 Å². The van der Waals surface area contributed by atoms with Crippen molar-refractivity contribution in [1.82, 2.24) is 5.43 Å². The van der Waals surface area contributed by atoms with E-state index in [0.717, 1.165) is 14.7 Å². The summed E-state index contributed by atoms with van der Waals surface area (Å²) in [6, 6.07) is 22.2. The summed E-state index contributed by atoms with van der Waals surface area (Å²) in [5, 5.41) is 14.0. The molecule has 0 heterocycles. The largest absolute Gasteiger partial charge is 0.493 e. The molecule has 0 unspecified atom stereocenters. The number of nitrogens with zero attached hydrogens (tertiary/aromatic N) is 1. The SMILES string of the molecule is COc1cc(/C=N\NC(=O)[C@H](O)c2ccccc2)cc(I)c1OCc1ccccc1. The Kier molecular flexibility index (Phi) is 7.81. The molecule has 0 saturated carbocycles. The van der Waals surface area contributed by atoms with Crippen LogP contribution in [0.3, 0.4) is 0 Å². The Balaban J connectivity index is 1.66. The first-order chi connectivity index (χ1) is 14.6. The number of halogens is 1. The summed E-state index contributed by atoms with van der Waals surface area (Å²) >= 11 is 2.17. The highest BCUT2D eigenvalue weighted by Crippen LogP contribution is 2.34. The minimum Gasteiger partial charge on any atom is -0.493 e. The van der Waals surface area contributed by atoms with Crippen molar-refractivity contribution in [3.8, 4) is 11.5 Å². The molecule has 0 aliphatic rings. The van der Waals surface area contributed by atoms with E-state index in [-0.39, 0.29) is 0 Å². The first-order valence-electron chi connectivity index (χ1n) is 9.18. The second-order valence-corrected chi connectivity index (χ2v) is 7.52. The van der Waals surface area contributed by atoms with Crippen LogP contribution in [0.25, 0.3) is 0 Å². The Morgan fingerprint density at radius 3 is 2.47 bits per heavy atom. The number of amides is 1. The topological polar surface area (TPSA) is 80.2 Å². The van der Waals surface area contributed by atoms with Gasteiger partial charge in [0.15, 0.2) is 17.6 Å². The normalized spacial score (nSPS) is 11.8. The molecule has 0 aromatic heterocycles. The fourth-order valence-corrected chi connectivity index (χ4v) is 3.48. The summed E-state index contributed by atoms with van der Waals surface area (Å²) < 4.78 is 12.3. The zero-order chi connectivity index (χ0) is 21.3. The number of methoxy groups -OCH3 is 1. The van der Waals surface area contributed by atoms with Crippen LogP contribution in [-0.4, -0.2) is 24.3 Å². The third-order valence-corrected chi connectivity index (χ3v) is 5.03. The number of carbonyl (C=O) groups excluding carboxylic acids is 1. The summed E-state index contributed by atoms with van der Waals surface area (Å²) in [5.41, 5.74) is 4.63. The number of carbonyl (C=O) groups is 1. The van der Waals surface area contributed by atoms with Crippen molar-refractivity contribution in [3.63, 3.8) is 0 Å². The third kappa shape index (κ3) is 5.80. The van der Waals surface area contributed by atoms with Crippen LogP contribution in [0.2, 0.25) is 0 Å². The molecule has 0 bridgehead atoms. The predicted octanol–water partition coefficient (Wildman–Crippen LogP) is 4.06. The minimum atomic E-state index is -1.29. The van der Waals surface area contributed by atoms with Crippen LogP contribution in [0.15, 0.2) is 77.9 Å². The Morgan fingerprint density at radius 1 is 1.13 bits per heavy atom. The molecule has 0 radical (unpaired) electrons. The highest BCUT2D eigenvalue weighted by Gasteiger charge is 2.16. The number of aliphatic hydroxyl groups excluding tert-OH is 1. The molecule has 3 aromatic rings. The van der Waals surface area contributed by atoms with Gasteiger partial charge in [-0.05, 0) is 51.4 Å². The van der Waals surface area contributed by atoms with Crippen LogP contribution in [0, 0.1) is 3.57 Å². The van der Waals surface area contributed by atoms with Crippen molar-refractivity contribution in [2.75, 3.05) is 7.11 Å². The molecule has 1 atom stereocenters. The van der Waals surface area contributed by atoms with Gasteiger partial charge < -0.3 is 14.6 Å². The zero-order valence-electron chi connectivity index (χ0n) is 16.3. The van der Waals surface area contributed by atoms with E-state index in [1.807, 2.05) is 42.5 Å². The second kappa shape index (κ2) is 10.7. The molecule has 30 heavy (non-hydrogen) atoms. The lowest BCUT2D eigenvalue weighted by Crippen LogP contribution is -2.25. The molecule has 2 N–H and O–H groups in total. The van der Waals surface area contributed by atoms with Gasteiger partial charge in [0.1, 0.15) is 6.61 Å². The van der Waals surface area contributed by atoms with E-state index in [0.29, 0.717) is 23.7 Å². The lowest BCUT2D eigenvalue weighted by Gasteiger charge is -2.13. The molecular formula is C23H21IN2O4. The van der Waals surface area contributed by atoms with Crippen molar-refractivity contribution in [1.29, 1.82) is 0 Å². The Hall–Kier alpha value is -2.91. The second-order valence-electron chi connectivity index (χ2n) is 6.36. The van der Waals surface area contributed by atoms with Gasteiger partial charge in [-0.25, -0.2) is 5.43 Å². The number of ether oxygens (including phenoxy) is 2. The number of rotatable bonds is 8. The molecule has 0 spiro atoms. The first-order valence-corrected chi connectivity index (χ1v) is 10.3. The number of nitrogens with one attached hydrogen (secondary N) is 1. The maximum Gasteiger partial charge on any atom is 0.273 e. The smallest absolute Gasteiger partial charge is 0.273 e. The molecule has 7 heteroatoms. The lowest BCUT2D eigenvalue weighted by molar-refractivity contribution is -0.129. The van der Waals surface area contributed by atoms with E-state index < -0.39 is 12.0 Å². The molecule has 0 fully saturated rings. The monoisotopic (exact) mass is 516 g/mol. The Morgan fingerprint density at radius 2 is 1.80 bits per heavy atom. The fraction of sp³-hybridized carbons (Fsp3) is 0.130. The van der Waals surface area contributed by atoms with Crippen LogP contribution < -0.4 is 14.9 Å². The van der Waals surface area contributed by atoms with E-state index in [9.17, 15) is 9.90 Å². The van der Waals surface area contributed by atoms with Crippen molar-refractivity contribution < 1.29 is 19.4 Å². The zero-order valence-corrected chi connectivity index (χ0v) is 18.4. The van der Waals surface area contributed by atoms with Crippen molar-refractivity contribution in [3.05, 3.63) is 93.1 Å². The van der Waals surface area contributed by atoms with Crippen molar-refractivity contribution in [2.45, 2.75) is 12.7 Å². The number of benzene rings is 3.